The Balaban J connectivity index is 0.00000289. The standard InChI is InChI=1S/C15H25BrN.ClH/c1-3-17(4-2,13-9-8-12-16)14-15-10-6-5-7-11-15;/h5-7,10-11H,3-4,8-9,12-14H2,1-2H3;1H/q+1;/p-1. The summed E-state index contributed by atoms with van der Waals surface area (Å²) < 4.78 is 1.22. The molecule has 0 atom stereocenters. The van der Waals surface area contributed by atoms with Crippen molar-refractivity contribution in [2.24, 2.45) is 0 Å². The van der Waals surface area contributed by atoms with E-state index in [1.807, 2.05) is 0 Å². The Hall–Kier alpha value is -0.0500. The molecule has 3 heteroatoms. The number of benzene rings is 1. The highest BCUT2D eigenvalue weighted by Gasteiger charge is 2.22. The van der Waals surface area contributed by atoms with Crippen LogP contribution in [0.3, 0.4) is 0 Å². The van der Waals surface area contributed by atoms with Crippen molar-refractivity contribution in [3.05, 3.63) is 35.9 Å². The molecule has 1 rings (SSSR count). The van der Waals surface area contributed by atoms with Crippen LogP contribution in [0.15, 0.2) is 30.3 Å². The van der Waals surface area contributed by atoms with Crippen LogP contribution in [-0.4, -0.2) is 29.4 Å². The topological polar surface area (TPSA) is 0 Å². The maximum atomic E-state index is 3.52. The molecule has 0 radical (unpaired) electrons. The minimum absolute atomic E-state index is 0. The summed E-state index contributed by atoms with van der Waals surface area (Å²) in [6.45, 7) is 9.58. The van der Waals surface area contributed by atoms with Crippen LogP contribution < -0.4 is 12.4 Å². The smallest absolute Gasteiger partial charge is 0.104 e. The van der Waals surface area contributed by atoms with E-state index in [2.05, 4.69) is 60.1 Å². The van der Waals surface area contributed by atoms with E-state index in [0.717, 1.165) is 5.33 Å². The van der Waals surface area contributed by atoms with Gasteiger partial charge in [-0.3, -0.25) is 0 Å². The van der Waals surface area contributed by atoms with Crippen molar-refractivity contribution < 1.29 is 16.9 Å². The fourth-order valence-electron chi connectivity index (χ4n) is 2.35. The molecule has 0 saturated heterocycles. The molecule has 0 aromatic heterocycles. The molecule has 0 fully saturated rings. The maximum absolute atomic E-state index is 3.52. The predicted octanol–water partition coefficient (Wildman–Crippen LogP) is 1.22. The minimum atomic E-state index is 0. The van der Waals surface area contributed by atoms with E-state index in [1.165, 1.54) is 49.1 Å². The monoisotopic (exact) mass is 333 g/mol. The SMILES string of the molecule is CC[N+](CC)(CCCCBr)Cc1ccccc1.[Cl-]. The Morgan fingerprint density at radius 2 is 1.61 bits per heavy atom. The highest BCUT2D eigenvalue weighted by Crippen LogP contribution is 2.16. The number of nitrogens with zero attached hydrogens (tertiary/aromatic N) is 1. The Bertz CT molecular complexity index is 299. The Kier molecular flexibility index (Phi) is 9.80. The van der Waals surface area contributed by atoms with Gasteiger partial charge in [0.2, 0.25) is 0 Å². The van der Waals surface area contributed by atoms with Crippen molar-refractivity contribution in [1.82, 2.24) is 0 Å². The number of hydrogen-bond donors (Lipinski definition) is 0. The maximum Gasteiger partial charge on any atom is 0.104 e. The number of alkyl halides is 1. The predicted molar refractivity (Wildman–Crippen MR) is 79.4 cm³/mol. The molecule has 0 bridgehead atoms. The fraction of sp³-hybridized carbons (Fsp3) is 0.600. The van der Waals surface area contributed by atoms with Gasteiger partial charge in [-0.1, -0.05) is 46.3 Å². The molecule has 104 valence electrons. The van der Waals surface area contributed by atoms with E-state index in [4.69, 9.17) is 0 Å². The van der Waals surface area contributed by atoms with Crippen LogP contribution in [0.25, 0.3) is 0 Å². The molecule has 0 saturated carbocycles. The van der Waals surface area contributed by atoms with Crippen LogP contribution in [0.4, 0.5) is 0 Å². The van der Waals surface area contributed by atoms with Crippen molar-refractivity contribution in [3.63, 3.8) is 0 Å². The van der Waals surface area contributed by atoms with E-state index in [0.29, 0.717) is 0 Å². The first-order valence-electron chi connectivity index (χ1n) is 6.71. The van der Waals surface area contributed by atoms with Crippen LogP contribution in [0, 0.1) is 0 Å². The van der Waals surface area contributed by atoms with E-state index >= 15 is 0 Å². The quantitative estimate of drug-likeness (QED) is 0.381. The van der Waals surface area contributed by atoms with Crippen LogP contribution in [-0.2, 0) is 6.54 Å². The number of halogens is 2. The van der Waals surface area contributed by atoms with Gasteiger partial charge in [0, 0.05) is 10.9 Å². The first-order valence-corrected chi connectivity index (χ1v) is 7.83. The summed E-state index contributed by atoms with van der Waals surface area (Å²) in [6.07, 6.45) is 2.61. The average Bonchev–Trinajstić information content (AvgIpc) is 2.39. The van der Waals surface area contributed by atoms with Gasteiger partial charge < -0.3 is 16.9 Å². The largest absolute Gasteiger partial charge is 1.00 e. The number of rotatable bonds is 8. The van der Waals surface area contributed by atoms with Crippen LogP contribution in [0.2, 0.25) is 0 Å². The third-order valence-electron chi connectivity index (χ3n) is 3.72. The number of unbranched alkanes of at least 4 members (excludes halogenated alkanes) is 1. The molecule has 0 aliphatic rings. The highest BCUT2D eigenvalue weighted by atomic mass is 79.9. The van der Waals surface area contributed by atoms with Crippen LogP contribution >= 0.6 is 15.9 Å². The van der Waals surface area contributed by atoms with E-state index in [1.54, 1.807) is 0 Å². The summed E-state index contributed by atoms with van der Waals surface area (Å²) in [4.78, 5) is 0. The third kappa shape index (κ3) is 5.73. The van der Waals surface area contributed by atoms with Gasteiger partial charge >= 0.3 is 0 Å². The van der Waals surface area contributed by atoms with Crippen LogP contribution in [0.1, 0.15) is 32.3 Å². The fourth-order valence-corrected chi connectivity index (χ4v) is 2.75. The summed E-state index contributed by atoms with van der Waals surface area (Å²) in [5.41, 5.74) is 1.47. The average molecular weight is 335 g/mol. The summed E-state index contributed by atoms with van der Waals surface area (Å²) in [5.74, 6) is 0. The first-order chi connectivity index (χ1) is 8.26. The summed E-state index contributed by atoms with van der Waals surface area (Å²) in [7, 11) is 0. The molecule has 1 nitrogen and oxygen atoms in total. The van der Waals surface area contributed by atoms with Gasteiger partial charge in [0.05, 0.1) is 19.6 Å². The van der Waals surface area contributed by atoms with Crippen molar-refractivity contribution in [2.75, 3.05) is 25.0 Å². The van der Waals surface area contributed by atoms with E-state index in [-0.39, 0.29) is 12.4 Å². The van der Waals surface area contributed by atoms with Gasteiger partial charge in [-0.2, -0.15) is 0 Å². The van der Waals surface area contributed by atoms with Gasteiger partial charge in [0.25, 0.3) is 0 Å². The second kappa shape index (κ2) is 9.82. The molecular weight excluding hydrogens is 310 g/mol. The molecule has 0 aliphatic carbocycles. The van der Waals surface area contributed by atoms with E-state index in [9.17, 15) is 0 Å². The zero-order chi connectivity index (χ0) is 12.6. The van der Waals surface area contributed by atoms with Gasteiger partial charge in [-0.05, 0) is 26.7 Å². The van der Waals surface area contributed by atoms with Gasteiger partial charge in [-0.25, -0.2) is 0 Å². The lowest BCUT2D eigenvalue weighted by Crippen LogP contribution is -3.00. The van der Waals surface area contributed by atoms with Crippen molar-refractivity contribution in [2.45, 2.75) is 33.2 Å². The third-order valence-corrected chi connectivity index (χ3v) is 4.28. The molecule has 0 aliphatic heterocycles. The molecule has 0 amide bonds. The second-order valence-electron chi connectivity index (χ2n) is 4.74. The summed E-state index contributed by atoms with van der Waals surface area (Å²) in [6, 6.07) is 10.9. The Morgan fingerprint density at radius 3 is 2.11 bits per heavy atom. The lowest BCUT2D eigenvalue weighted by atomic mass is 10.1. The minimum Gasteiger partial charge on any atom is -1.00 e. The van der Waals surface area contributed by atoms with Gasteiger partial charge in [0.1, 0.15) is 6.54 Å². The second-order valence-corrected chi connectivity index (χ2v) is 5.53. The van der Waals surface area contributed by atoms with Gasteiger partial charge in [-0.15, -0.1) is 0 Å². The molecule has 1 aromatic carbocycles. The zero-order valence-electron chi connectivity index (χ0n) is 11.5. The molecule has 0 heterocycles. The van der Waals surface area contributed by atoms with Crippen LogP contribution in [0.5, 0.6) is 0 Å². The normalized spacial score (nSPS) is 11.1. The summed E-state index contributed by atoms with van der Waals surface area (Å²) in [5, 5.41) is 1.13. The van der Waals surface area contributed by atoms with Crippen molar-refractivity contribution >= 4 is 15.9 Å². The van der Waals surface area contributed by atoms with Gasteiger partial charge in [0.15, 0.2) is 0 Å². The summed E-state index contributed by atoms with van der Waals surface area (Å²) >= 11 is 3.52. The molecule has 1 aromatic rings. The number of quaternary nitrogens is 1. The van der Waals surface area contributed by atoms with Crippen molar-refractivity contribution in [3.8, 4) is 0 Å². The molecular formula is C15H25BrClN. The lowest BCUT2D eigenvalue weighted by Gasteiger charge is -2.37. The number of hydrogen-bond acceptors (Lipinski definition) is 0. The molecule has 0 spiro atoms. The first kappa shape index (κ1) is 17.9. The Morgan fingerprint density at radius 1 is 1.00 bits per heavy atom. The molecule has 0 unspecified atom stereocenters. The highest BCUT2D eigenvalue weighted by molar-refractivity contribution is 9.09. The molecule has 18 heavy (non-hydrogen) atoms. The lowest BCUT2D eigenvalue weighted by molar-refractivity contribution is -0.938. The Labute approximate surface area is 127 Å². The molecule has 0 N–H and O–H groups in total. The van der Waals surface area contributed by atoms with E-state index < -0.39 is 0 Å². The van der Waals surface area contributed by atoms with Crippen molar-refractivity contribution in [1.29, 1.82) is 0 Å². The zero-order valence-corrected chi connectivity index (χ0v) is 13.9.